The largest absolute Gasteiger partial charge is 0.380 e. The van der Waals surface area contributed by atoms with Gasteiger partial charge >= 0.3 is 0 Å². The normalized spacial score (nSPS) is 18.5. The van der Waals surface area contributed by atoms with E-state index < -0.39 is 0 Å². The number of hydrogen-bond donors (Lipinski definition) is 1. The molecule has 15 heavy (non-hydrogen) atoms. The minimum atomic E-state index is 0.305. The van der Waals surface area contributed by atoms with Gasteiger partial charge in [0, 0.05) is 30.9 Å². The van der Waals surface area contributed by atoms with Crippen LogP contribution < -0.4 is 5.32 Å². The fourth-order valence-electron chi connectivity index (χ4n) is 1.60. The first kappa shape index (κ1) is 10.9. The van der Waals surface area contributed by atoms with E-state index in [1.54, 1.807) is 12.4 Å². The van der Waals surface area contributed by atoms with Crippen LogP contribution in [0.5, 0.6) is 0 Å². The average Bonchev–Trinajstić information content (AvgIpc) is 2.18. The van der Waals surface area contributed by atoms with Crippen LogP contribution in [0.15, 0.2) is 18.5 Å². The van der Waals surface area contributed by atoms with Crippen LogP contribution in [0.3, 0.4) is 0 Å². The summed E-state index contributed by atoms with van der Waals surface area (Å²) < 4.78 is 5.19. The van der Waals surface area contributed by atoms with Crippen LogP contribution in [0, 0.1) is 5.41 Å². The molecule has 1 aliphatic heterocycles. The first-order chi connectivity index (χ1) is 7.20. The van der Waals surface area contributed by atoms with Crippen LogP contribution in [0.4, 0.5) is 0 Å². The topological polar surface area (TPSA) is 34.2 Å². The maximum atomic E-state index is 5.99. The molecule has 1 N–H and O–H groups in total. The summed E-state index contributed by atoms with van der Waals surface area (Å²) in [6, 6.07) is 1.94. The Balaban J connectivity index is 1.81. The molecule has 0 spiro atoms. The summed E-state index contributed by atoms with van der Waals surface area (Å²) in [5, 5.41) is 4.11. The third kappa shape index (κ3) is 2.68. The Morgan fingerprint density at radius 3 is 3.00 bits per heavy atom. The minimum Gasteiger partial charge on any atom is -0.380 e. The van der Waals surface area contributed by atoms with E-state index in [0.717, 1.165) is 36.9 Å². The SMILES string of the molecule is CC1(CNCc2ccncc2Cl)COC1. The molecule has 1 fully saturated rings. The van der Waals surface area contributed by atoms with Crippen molar-refractivity contribution in [2.24, 2.45) is 5.41 Å². The Bertz CT molecular complexity index is 339. The number of halogens is 1. The van der Waals surface area contributed by atoms with Gasteiger partial charge in [0.1, 0.15) is 0 Å². The smallest absolute Gasteiger partial charge is 0.0634 e. The molecule has 0 atom stereocenters. The van der Waals surface area contributed by atoms with Crippen molar-refractivity contribution in [1.82, 2.24) is 10.3 Å². The molecule has 1 aromatic rings. The highest BCUT2D eigenvalue weighted by Crippen LogP contribution is 2.25. The van der Waals surface area contributed by atoms with Crippen LogP contribution in [0.1, 0.15) is 12.5 Å². The molecule has 2 rings (SSSR count). The molecule has 0 radical (unpaired) electrons. The number of aromatic nitrogens is 1. The van der Waals surface area contributed by atoms with Gasteiger partial charge in [-0.2, -0.15) is 0 Å². The molecule has 1 aromatic heterocycles. The van der Waals surface area contributed by atoms with Crippen molar-refractivity contribution in [2.45, 2.75) is 13.5 Å². The van der Waals surface area contributed by atoms with Gasteiger partial charge in [0.25, 0.3) is 0 Å². The van der Waals surface area contributed by atoms with E-state index in [4.69, 9.17) is 16.3 Å². The number of nitrogens with zero attached hydrogens (tertiary/aromatic N) is 1. The predicted octanol–water partition coefficient (Wildman–Crippen LogP) is 1.86. The number of nitrogens with one attached hydrogen (secondary N) is 1. The summed E-state index contributed by atoms with van der Waals surface area (Å²) in [5.41, 5.74) is 1.40. The van der Waals surface area contributed by atoms with E-state index >= 15 is 0 Å². The highest BCUT2D eigenvalue weighted by Gasteiger charge is 2.32. The zero-order chi connectivity index (χ0) is 10.7. The van der Waals surface area contributed by atoms with Gasteiger partial charge in [0.05, 0.1) is 18.2 Å². The molecule has 0 aliphatic carbocycles. The van der Waals surface area contributed by atoms with E-state index in [1.807, 2.05) is 6.07 Å². The molecular weight excluding hydrogens is 212 g/mol. The lowest BCUT2D eigenvalue weighted by atomic mass is 9.89. The third-order valence-corrected chi connectivity index (χ3v) is 2.97. The van der Waals surface area contributed by atoms with Crippen molar-refractivity contribution < 1.29 is 4.74 Å². The van der Waals surface area contributed by atoms with Gasteiger partial charge in [-0.1, -0.05) is 18.5 Å². The quantitative estimate of drug-likeness (QED) is 0.851. The molecule has 0 aromatic carbocycles. The molecule has 0 amide bonds. The molecule has 82 valence electrons. The molecule has 2 heterocycles. The number of rotatable bonds is 4. The van der Waals surface area contributed by atoms with E-state index in [1.165, 1.54) is 0 Å². The Kier molecular flexibility index (Phi) is 3.24. The monoisotopic (exact) mass is 226 g/mol. The minimum absolute atomic E-state index is 0.305. The zero-order valence-electron chi connectivity index (χ0n) is 8.79. The molecule has 0 saturated carbocycles. The Morgan fingerprint density at radius 1 is 1.60 bits per heavy atom. The third-order valence-electron chi connectivity index (χ3n) is 2.62. The Hall–Kier alpha value is -0.640. The van der Waals surface area contributed by atoms with Gasteiger partial charge in [0.15, 0.2) is 0 Å². The van der Waals surface area contributed by atoms with Crippen LogP contribution in [-0.2, 0) is 11.3 Å². The van der Waals surface area contributed by atoms with Crippen LogP contribution in [0.2, 0.25) is 5.02 Å². The summed E-state index contributed by atoms with van der Waals surface area (Å²) in [7, 11) is 0. The van der Waals surface area contributed by atoms with Crippen LogP contribution in [0.25, 0.3) is 0 Å². The fourth-order valence-corrected chi connectivity index (χ4v) is 1.79. The highest BCUT2D eigenvalue weighted by atomic mass is 35.5. The number of hydrogen-bond acceptors (Lipinski definition) is 3. The van der Waals surface area contributed by atoms with Crippen molar-refractivity contribution in [3.8, 4) is 0 Å². The number of ether oxygens (including phenoxy) is 1. The van der Waals surface area contributed by atoms with Crippen molar-refractivity contribution in [3.63, 3.8) is 0 Å². The number of pyridine rings is 1. The fraction of sp³-hybridized carbons (Fsp3) is 0.545. The van der Waals surface area contributed by atoms with Gasteiger partial charge in [0.2, 0.25) is 0 Å². The summed E-state index contributed by atoms with van der Waals surface area (Å²) >= 11 is 5.99. The van der Waals surface area contributed by atoms with Gasteiger partial charge in [-0.05, 0) is 11.6 Å². The van der Waals surface area contributed by atoms with Crippen molar-refractivity contribution >= 4 is 11.6 Å². The Labute approximate surface area is 94.8 Å². The molecular formula is C11H15ClN2O. The molecule has 1 aliphatic rings. The summed E-state index contributed by atoms with van der Waals surface area (Å²) in [4.78, 5) is 3.95. The lowest BCUT2D eigenvalue weighted by molar-refractivity contribution is -0.0991. The first-order valence-electron chi connectivity index (χ1n) is 5.06. The summed E-state index contributed by atoms with van der Waals surface area (Å²) in [5.74, 6) is 0. The predicted molar refractivity (Wildman–Crippen MR) is 59.9 cm³/mol. The molecule has 1 saturated heterocycles. The van der Waals surface area contributed by atoms with Crippen LogP contribution >= 0.6 is 11.6 Å². The summed E-state index contributed by atoms with van der Waals surface area (Å²) in [6.45, 7) is 5.68. The van der Waals surface area contributed by atoms with Gasteiger partial charge in [-0.25, -0.2) is 0 Å². The molecule has 4 heteroatoms. The van der Waals surface area contributed by atoms with E-state index in [0.29, 0.717) is 5.41 Å². The summed E-state index contributed by atoms with van der Waals surface area (Å²) in [6.07, 6.45) is 3.43. The highest BCUT2D eigenvalue weighted by molar-refractivity contribution is 6.31. The van der Waals surface area contributed by atoms with Gasteiger partial charge in [-0.3, -0.25) is 4.98 Å². The second-order valence-corrected chi connectivity index (χ2v) is 4.78. The van der Waals surface area contributed by atoms with Crippen molar-refractivity contribution in [3.05, 3.63) is 29.0 Å². The van der Waals surface area contributed by atoms with Crippen LogP contribution in [-0.4, -0.2) is 24.7 Å². The second-order valence-electron chi connectivity index (χ2n) is 4.37. The molecule has 0 bridgehead atoms. The maximum Gasteiger partial charge on any atom is 0.0634 e. The second kappa shape index (κ2) is 4.47. The first-order valence-corrected chi connectivity index (χ1v) is 5.44. The lowest BCUT2D eigenvalue weighted by Crippen LogP contribution is -2.47. The van der Waals surface area contributed by atoms with E-state index in [9.17, 15) is 0 Å². The Morgan fingerprint density at radius 2 is 2.40 bits per heavy atom. The zero-order valence-corrected chi connectivity index (χ0v) is 9.55. The van der Waals surface area contributed by atoms with Gasteiger partial charge in [-0.15, -0.1) is 0 Å². The average molecular weight is 227 g/mol. The molecule has 0 unspecified atom stereocenters. The standard InChI is InChI=1S/C11H15ClN2O/c1-11(7-15-8-11)6-14-4-9-2-3-13-5-10(9)12/h2-3,5,14H,4,6-8H2,1H3. The maximum absolute atomic E-state index is 5.99. The van der Waals surface area contributed by atoms with Gasteiger partial charge < -0.3 is 10.1 Å². The lowest BCUT2D eigenvalue weighted by Gasteiger charge is -2.38. The van der Waals surface area contributed by atoms with Crippen molar-refractivity contribution in [2.75, 3.05) is 19.8 Å². The molecule has 3 nitrogen and oxygen atoms in total. The van der Waals surface area contributed by atoms with Crippen molar-refractivity contribution in [1.29, 1.82) is 0 Å². The van der Waals surface area contributed by atoms with E-state index in [2.05, 4.69) is 17.2 Å². The van der Waals surface area contributed by atoms with E-state index in [-0.39, 0.29) is 0 Å².